The Labute approximate surface area is 68.5 Å². The predicted octanol–water partition coefficient (Wildman–Crippen LogP) is -0.195. The topological polar surface area (TPSA) is 64.1 Å². The number of hydrogen-bond donors (Lipinski definition) is 3. The molecule has 0 spiro atoms. The van der Waals surface area contributed by atoms with Gasteiger partial charge in [0.2, 0.25) is 0 Å². The van der Waals surface area contributed by atoms with Crippen LogP contribution in [0.1, 0.15) is 25.7 Å². The minimum atomic E-state index is 0.357. The van der Waals surface area contributed by atoms with Crippen molar-refractivity contribution in [3.8, 4) is 0 Å². The molecule has 5 N–H and O–H groups in total. The van der Waals surface area contributed by atoms with Gasteiger partial charge in [0.05, 0.1) is 0 Å². The van der Waals surface area contributed by atoms with Crippen LogP contribution < -0.4 is 16.8 Å². The molecule has 0 radical (unpaired) electrons. The molecule has 3 heteroatoms. The van der Waals surface area contributed by atoms with Crippen molar-refractivity contribution in [2.24, 2.45) is 11.5 Å². The van der Waals surface area contributed by atoms with Crippen molar-refractivity contribution < 1.29 is 0 Å². The van der Waals surface area contributed by atoms with E-state index in [9.17, 15) is 0 Å². The average molecular weight is 157 g/mol. The van der Waals surface area contributed by atoms with Crippen LogP contribution in [0.3, 0.4) is 0 Å². The number of nitrogens with two attached hydrogens (primary N) is 2. The van der Waals surface area contributed by atoms with E-state index in [0.717, 1.165) is 6.54 Å². The van der Waals surface area contributed by atoms with Crippen LogP contribution in [0.4, 0.5) is 0 Å². The van der Waals surface area contributed by atoms with Gasteiger partial charge in [-0.1, -0.05) is 12.8 Å². The quantitative estimate of drug-likeness (QED) is 0.532. The molecule has 0 amide bonds. The molecule has 66 valence electrons. The van der Waals surface area contributed by atoms with Crippen LogP contribution in [0.15, 0.2) is 0 Å². The van der Waals surface area contributed by atoms with Crippen molar-refractivity contribution in [1.29, 1.82) is 0 Å². The first kappa shape index (κ1) is 8.97. The van der Waals surface area contributed by atoms with Gasteiger partial charge >= 0.3 is 0 Å². The molecule has 0 aromatic carbocycles. The first-order valence-corrected chi connectivity index (χ1v) is 4.53. The standard InChI is InChI=1S/C8H19N3/c9-5-6-11-8-4-2-1-3-7(8)10/h7-8,11H,1-6,9-10H2. The monoisotopic (exact) mass is 157 g/mol. The van der Waals surface area contributed by atoms with Gasteiger partial charge in [-0.25, -0.2) is 0 Å². The first-order chi connectivity index (χ1) is 5.34. The summed E-state index contributed by atoms with van der Waals surface area (Å²) in [6.45, 7) is 1.61. The van der Waals surface area contributed by atoms with Crippen LogP contribution in [0.5, 0.6) is 0 Å². The normalized spacial score (nSPS) is 32.2. The highest BCUT2D eigenvalue weighted by Crippen LogP contribution is 2.16. The zero-order valence-electron chi connectivity index (χ0n) is 7.05. The Kier molecular flexibility index (Phi) is 3.83. The lowest BCUT2D eigenvalue weighted by Gasteiger charge is -2.29. The Balaban J connectivity index is 2.18. The van der Waals surface area contributed by atoms with E-state index in [4.69, 9.17) is 11.5 Å². The fourth-order valence-corrected chi connectivity index (χ4v) is 1.68. The van der Waals surface area contributed by atoms with Gasteiger partial charge in [-0.15, -0.1) is 0 Å². The largest absolute Gasteiger partial charge is 0.329 e. The third kappa shape index (κ3) is 2.77. The highest BCUT2D eigenvalue weighted by Gasteiger charge is 2.20. The zero-order valence-corrected chi connectivity index (χ0v) is 7.05. The van der Waals surface area contributed by atoms with Crippen molar-refractivity contribution in [2.45, 2.75) is 37.8 Å². The molecule has 0 aliphatic heterocycles. The Hall–Kier alpha value is -0.120. The zero-order chi connectivity index (χ0) is 8.10. The molecule has 0 saturated heterocycles. The molecule has 0 bridgehead atoms. The van der Waals surface area contributed by atoms with E-state index in [0.29, 0.717) is 18.6 Å². The number of rotatable bonds is 3. The summed E-state index contributed by atoms with van der Waals surface area (Å²) in [5.41, 5.74) is 11.3. The van der Waals surface area contributed by atoms with Crippen molar-refractivity contribution in [3.63, 3.8) is 0 Å². The van der Waals surface area contributed by atoms with Crippen molar-refractivity contribution in [3.05, 3.63) is 0 Å². The Morgan fingerprint density at radius 3 is 2.64 bits per heavy atom. The molecule has 0 heterocycles. The predicted molar refractivity (Wildman–Crippen MR) is 47.3 cm³/mol. The molecule has 0 aromatic heterocycles. The van der Waals surface area contributed by atoms with E-state index in [1.807, 2.05) is 0 Å². The molecule has 2 atom stereocenters. The summed E-state index contributed by atoms with van der Waals surface area (Å²) in [4.78, 5) is 0. The van der Waals surface area contributed by atoms with Crippen LogP contribution >= 0.6 is 0 Å². The molecule has 11 heavy (non-hydrogen) atoms. The van der Waals surface area contributed by atoms with Gasteiger partial charge < -0.3 is 16.8 Å². The molecule has 1 fully saturated rings. The second kappa shape index (κ2) is 4.70. The lowest BCUT2D eigenvalue weighted by atomic mass is 9.91. The van der Waals surface area contributed by atoms with Crippen molar-refractivity contribution in [1.82, 2.24) is 5.32 Å². The fraction of sp³-hybridized carbons (Fsp3) is 1.00. The van der Waals surface area contributed by atoms with Crippen LogP contribution in [0.2, 0.25) is 0 Å². The smallest absolute Gasteiger partial charge is 0.0219 e. The number of hydrogen-bond acceptors (Lipinski definition) is 3. The molecular weight excluding hydrogens is 138 g/mol. The van der Waals surface area contributed by atoms with Gasteiger partial charge in [-0.05, 0) is 12.8 Å². The number of nitrogens with one attached hydrogen (secondary N) is 1. The van der Waals surface area contributed by atoms with Gasteiger partial charge in [-0.2, -0.15) is 0 Å². The van der Waals surface area contributed by atoms with E-state index in [1.165, 1.54) is 25.7 Å². The summed E-state index contributed by atoms with van der Waals surface area (Å²) in [5, 5.41) is 3.37. The third-order valence-electron chi connectivity index (χ3n) is 2.37. The maximum Gasteiger partial charge on any atom is 0.0219 e. The maximum atomic E-state index is 5.92. The van der Waals surface area contributed by atoms with Crippen molar-refractivity contribution >= 4 is 0 Å². The van der Waals surface area contributed by atoms with Crippen LogP contribution in [-0.4, -0.2) is 25.2 Å². The minimum Gasteiger partial charge on any atom is -0.329 e. The van der Waals surface area contributed by atoms with Gasteiger partial charge in [-0.3, -0.25) is 0 Å². The van der Waals surface area contributed by atoms with E-state index >= 15 is 0 Å². The first-order valence-electron chi connectivity index (χ1n) is 4.53. The van der Waals surface area contributed by atoms with E-state index in [1.54, 1.807) is 0 Å². The van der Waals surface area contributed by atoms with Gasteiger partial charge in [0.15, 0.2) is 0 Å². The highest BCUT2D eigenvalue weighted by atomic mass is 15.0. The summed E-state index contributed by atoms with van der Waals surface area (Å²) in [6, 6.07) is 0.877. The summed E-state index contributed by atoms with van der Waals surface area (Å²) in [6.07, 6.45) is 5.00. The van der Waals surface area contributed by atoms with E-state index < -0.39 is 0 Å². The molecule has 1 aliphatic carbocycles. The minimum absolute atomic E-state index is 0.357. The van der Waals surface area contributed by atoms with Crippen LogP contribution in [-0.2, 0) is 0 Å². The lowest BCUT2D eigenvalue weighted by Crippen LogP contribution is -2.48. The summed E-state index contributed by atoms with van der Waals surface area (Å²) >= 11 is 0. The van der Waals surface area contributed by atoms with Gasteiger partial charge in [0, 0.05) is 25.2 Å². The molecule has 1 saturated carbocycles. The highest BCUT2D eigenvalue weighted by molar-refractivity contribution is 4.83. The third-order valence-corrected chi connectivity index (χ3v) is 2.37. The van der Waals surface area contributed by atoms with E-state index in [-0.39, 0.29) is 0 Å². The van der Waals surface area contributed by atoms with Gasteiger partial charge in [0.25, 0.3) is 0 Å². The molecule has 0 aromatic rings. The molecule has 1 rings (SSSR count). The summed E-state index contributed by atoms with van der Waals surface area (Å²) < 4.78 is 0. The summed E-state index contributed by atoms with van der Waals surface area (Å²) in [7, 11) is 0. The van der Waals surface area contributed by atoms with Gasteiger partial charge in [0.1, 0.15) is 0 Å². The second-order valence-electron chi connectivity index (χ2n) is 3.30. The SMILES string of the molecule is NCCNC1CCCCC1N. The van der Waals surface area contributed by atoms with Crippen LogP contribution in [0, 0.1) is 0 Å². The maximum absolute atomic E-state index is 5.92. The van der Waals surface area contributed by atoms with Crippen LogP contribution in [0.25, 0.3) is 0 Å². The molecule has 2 unspecified atom stereocenters. The fourth-order valence-electron chi connectivity index (χ4n) is 1.68. The Morgan fingerprint density at radius 1 is 1.27 bits per heavy atom. The Morgan fingerprint density at radius 2 is 2.00 bits per heavy atom. The molecular formula is C8H19N3. The van der Waals surface area contributed by atoms with Crippen molar-refractivity contribution in [2.75, 3.05) is 13.1 Å². The average Bonchev–Trinajstić information content (AvgIpc) is 2.03. The Bertz CT molecular complexity index is 106. The lowest BCUT2D eigenvalue weighted by molar-refractivity contribution is 0.331. The summed E-state index contributed by atoms with van der Waals surface area (Å²) in [5.74, 6) is 0. The second-order valence-corrected chi connectivity index (χ2v) is 3.30. The molecule has 1 aliphatic rings. The molecule has 3 nitrogen and oxygen atoms in total. The van der Waals surface area contributed by atoms with E-state index in [2.05, 4.69) is 5.32 Å².